The number of rotatable bonds is 9. The number of benzene rings is 1. The molecule has 3 heteroatoms. The number of carbonyl (C=O) groups excluding carboxylic acids is 1. The largest absolute Gasteiger partial charge is 0.457 e. The highest BCUT2D eigenvalue weighted by atomic mass is 32.1. The van der Waals surface area contributed by atoms with Crippen LogP contribution in [0.1, 0.15) is 69.3 Å². The maximum absolute atomic E-state index is 12.2. The molecule has 0 amide bonds. The maximum Gasteiger partial charge on any atom is 0.338 e. The van der Waals surface area contributed by atoms with Gasteiger partial charge in [-0.1, -0.05) is 52.2 Å². The van der Waals surface area contributed by atoms with Crippen LogP contribution in [0.5, 0.6) is 0 Å². The lowest BCUT2D eigenvalue weighted by Crippen LogP contribution is -2.30. The monoisotopic (exact) mass is 322 g/mol. The van der Waals surface area contributed by atoms with Crippen molar-refractivity contribution in [1.82, 2.24) is 0 Å². The first-order valence-electron chi connectivity index (χ1n) is 8.43. The minimum Gasteiger partial charge on any atom is -0.457 e. The summed E-state index contributed by atoms with van der Waals surface area (Å²) in [6.07, 6.45) is 5.95. The summed E-state index contributed by atoms with van der Waals surface area (Å²) in [5.41, 5.74) is 1.91. The molecule has 2 nitrogen and oxygen atoms in total. The third-order valence-electron chi connectivity index (χ3n) is 3.88. The molecule has 0 aromatic heterocycles. The van der Waals surface area contributed by atoms with Gasteiger partial charge in [-0.2, -0.15) is 12.6 Å². The van der Waals surface area contributed by atoms with E-state index in [1.165, 1.54) is 31.2 Å². The highest BCUT2D eigenvalue weighted by Gasteiger charge is 2.23. The second kappa shape index (κ2) is 9.94. The molecule has 0 N–H and O–H groups in total. The number of aryl methyl sites for hydroxylation is 1. The number of hydrogen-bond donors (Lipinski definition) is 1. The quantitative estimate of drug-likeness (QED) is 0.379. The zero-order valence-electron chi connectivity index (χ0n) is 14.3. The van der Waals surface area contributed by atoms with Gasteiger partial charge >= 0.3 is 5.97 Å². The van der Waals surface area contributed by atoms with Crippen LogP contribution in [0.25, 0.3) is 0 Å². The first-order valence-corrected chi connectivity index (χ1v) is 8.95. The molecule has 0 saturated carbocycles. The molecule has 1 aromatic carbocycles. The molecule has 1 rings (SSSR count). The minimum absolute atomic E-state index is 0.0294. The predicted molar refractivity (Wildman–Crippen MR) is 96.8 cm³/mol. The van der Waals surface area contributed by atoms with Gasteiger partial charge in [0, 0.05) is 5.25 Å². The highest BCUT2D eigenvalue weighted by molar-refractivity contribution is 7.81. The number of thiol groups is 1. The van der Waals surface area contributed by atoms with Gasteiger partial charge in [-0.15, -0.1) is 0 Å². The lowest BCUT2D eigenvalue weighted by atomic mass is 10.0. The molecular formula is C19H30O2S. The molecule has 0 aliphatic carbocycles. The average Bonchev–Trinajstić information content (AvgIpc) is 2.49. The van der Waals surface area contributed by atoms with Gasteiger partial charge in [-0.3, -0.25) is 0 Å². The summed E-state index contributed by atoms with van der Waals surface area (Å²) in [5.74, 6) is 0.00595. The van der Waals surface area contributed by atoms with Gasteiger partial charge in [0.1, 0.15) is 6.10 Å². The summed E-state index contributed by atoms with van der Waals surface area (Å²) in [7, 11) is 0. The Morgan fingerprint density at radius 2 is 1.73 bits per heavy atom. The second-order valence-corrected chi connectivity index (χ2v) is 7.18. The summed E-state index contributed by atoms with van der Waals surface area (Å²) in [4.78, 5) is 12.2. The van der Waals surface area contributed by atoms with E-state index >= 15 is 0 Å². The molecule has 22 heavy (non-hydrogen) atoms. The Morgan fingerprint density at radius 1 is 1.09 bits per heavy atom. The second-order valence-electron chi connectivity index (χ2n) is 6.36. The van der Waals surface area contributed by atoms with Crippen LogP contribution in [0.3, 0.4) is 0 Å². The molecule has 0 saturated heterocycles. The third-order valence-corrected chi connectivity index (χ3v) is 4.18. The minimum atomic E-state index is -0.253. The zero-order valence-corrected chi connectivity index (χ0v) is 15.2. The molecule has 0 radical (unpaired) electrons. The van der Waals surface area contributed by atoms with Crippen molar-refractivity contribution >= 4 is 18.6 Å². The lowest BCUT2D eigenvalue weighted by molar-refractivity contribution is 0.0191. The van der Waals surface area contributed by atoms with Gasteiger partial charge in [0.15, 0.2) is 0 Å². The lowest BCUT2D eigenvalue weighted by Gasteiger charge is -2.24. The smallest absolute Gasteiger partial charge is 0.338 e. The van der Waals surface area contributed by atoms with E-state index in [1.54, 1.807) is 0 Å². The Balaban J connectivity index is 2.56. The highest BCUT2D eigenvalue weighted by Crippen LogP contribution is 2.18. The normalized spacial score (nSPS) is 13.9. The van der Waals surface area contributed by atoms with Crippen molar-refractivity contribution in [3.63, 3.8) is 0 Å². The molecule has 1 aromatic rings. The molecule has 124 valence electrons. The van der Waals surface area contributed by atoms with Gasteiger partial charge in [0.05, 0.1) is 5.56 Å². The van der Waals surface area contributed by atoms with Crippen molar-refractivity contribution in [2.24, 2.45) is 5.92 Å². The van der Waals surface area contributed by atoms with E-state index in [0.717, 1.165) is 6.42 Å². The summed E-state index contributed by atoms with van der Waals surface area (Å²) >= 11 is 4.41. The van der Waals surface area contributed by atoms with Gasteiger partial charge in [-0.25, -0.2) is 4.79 Å². The van der Waals surface area contributed by atoms with Crippen LogP contribution in [0.15, 0.2) is 24.3 Å². The van der Waals surface area contributed by atoms with E-state index in [-0.39, 0.29) is 23.2 Å². The molecule has 0 spiro atoms. The molecule has 0 heterocycles. The van der Waals surface area contributed by atoms with E-state index in [0.29, 0.717) is 5.56 Å². The fraction of sp³-hybridized carbons (Fsp3) is 0.632. The fourth-order valence-corrected chi connectivity index (χ4v) is 2.95. The van der Waals surface area contributed by atoms with Crippen molar-refractivity contribution in [2.75, 3.05) is 0 Å². The summed E-state index contributed by atoms with van der Waals surface area (Å²) < 4.78 is 5.60. The van der Waals surface area contributed by atoms with Gasteiger partial charge in [0.2, 0.25) is 0 Å². The molecule has 2 unspecified atom stereocenters. The van der Waals surface area contributed by atoms with Crippen molar-refractivity contribution in [3.8, 4) is 0 Å². The van der Waals surface area contributed by atoms with Crippen LogP contribution >= 0.6 is 12.6 Å². The van der Waals surface area contributed by atoms with E-state index in [1.807, 2.05) is 45.0 Å². The van der Waals surface area contributed by atoms with Crippen LogP contribution in [-0.2, 0) is 11.2 Å². The zero-order chi connectivity index (χ0) is 16.5. The number of hydrogen-bond acceptors (Lipinski definition) is 3. The van der Waals surface area contributed by atoms with Gasteiger partial charge in [0.25, 0.3) is 0 Å². The molecule has 0 fully saturated rings. The Bertz CT molecular complexity index is 429. The Hall–Kier alpha value is -0.960. The van der Waals surface area contributed by atoms with Crippen LogP contribution in [-0.4, -0.2) is 17.3 Å². The van der Waals surface area contributed by atoms with Crippen LogP contribution < -0.4 is 0 Å². The van der Waals surface area contributed by atoms with E-state index < -0.39 is 0 Å². The molecule has 0 aliphatic rings. The van der Waals surface area contributed by atoms with Crippen molar-refractivity contribution in [2.45, 2.75) is 71.2 Å². The van der Waals surface area contributed by atoms with E-state index in [2.05, 4.69) is 19.6 Å². The maximum atomic E-state index is 12.2. The molecule has 0 aliphatic heterocycles. The van der Waals surface area contributed by atoms with Crippen LogP contribution in [0.2, 0.25) is 0 Å². The van der Waals surface area contributed by atoms with Crippen molar-refractivity contribution < 1.29 is 9.53 Å². The van der Waals surface area contributed by atoms with Crippen LogP contribution in [0, 0.1) is 5.92 Å². The van der Waals surface area contributed by atoms with Crippen molar-refractivity contribution in [3.05, 3.63) is 35.4 Å². The molecule has 0 bridgehead atoms. The predicted octanol–water partition coefficient (Wildman–Crippen LogP) is 5.31. The first-order chi connectivity index (χ1) is 10.5. The number of ether oxygens (including phenoxy) is 1. The number of unbranched alkanes of at least 4 members (excludes halogenated alkanes) is 3. The summed E-state index contributed by atoms with van der Waals surface area (Å²) in [5, 5.41) is 0.0294. The average molecular weight is 323 g/mol. The molecule has 2 atom stereocenters. The van der Waals surface area contributed by atoms with Gasteiger partial charge < -0.3 is 4.74 Å². The third kappa shape index (κ3) is 6.43. The van der Waals surface area contributed by atoms with E-state index in [4.69, 9.17) is 4.74 Å². The SMILES string of the molecule is CCCCCCc1ccc(C(=O)OC(C(C)C)C(C)S)cc1. The summed E-state index contributed by atoms with van der Waals surface area (Å²) in [6, 6.07) is 7.82. The topological polar surface area (TPSA) is 26.3 Å². The number of esters is 1. The van der Waals surface area contributed by atoms with Crippen molar-refractivity contribution in [1.29, 1.82) is 0 Å². The molecular weight excluding hydrogens is 292 g/mol. The Kier molecular flexibility index (Phi) is 8.62. The standard InChI is InChI=1S/C19H30O2S/c1-5-6-7-8-9-16-10-12-17(13-11-16)19(20)21-18(14(2)3)15(4)22/h10-15,18,22H,5-9H2,1-4H3. The number of carbonyl (C=O) groups is 1. The van der Waals surface area contributed by atoms with Gasteiger partial charge in [-0.05, 0) is 43.4 Å². The van der Waals surface area contributed by atoms with E-state index in [9.17, 15) is 4.79 Å². The Labute approximate surface area is 141 Å². The Morgan fingerprint density at radius 3 is 2.23 bits per heavy atom. The summed E-state index contributed by atoms with van der Waals surface area (Å²) in [6.45, 7) is 8.27. The first kappa shape index (κ1) is 19.1. The van der Waals surface area contributed by atoms with Crippen LogP contribution in [0.4, 0.5) is 0 Å². The fourth-order valence-electron chi connectivity index (χ4n) is 2.55.